The Bertz CT molecular complexity index is 1680. The number of rotatable bonds is 9. The van der Waals surface area contributed by atoms with Crippen molar-refractivity contribution >= 4 is 34.2 Å². The fourth-order valence-electron chi connectivity index (χ4n) is 3.99. The molecule has 2 N–H and O–H groups in total. The summed E-state index contributed by atoms with van der Waals surface area (Å²) in [4.78, 5) is 47.1. The maximum absolute atomic E-state index is 14.7. The fourth-order valence-corrected chi connectivity index (χ4v) is 3.99. The maximum atomic E-state index is 14.7. The summed E-state index contributed by atoms with van der Waals surface area (Å²) in [7, 11) is 1.02. The molecule has 0 bridgehead atoms. The van der Waals surface area contributed by atoms with Crippen LogP contribution in [0.15, 0.2) is 53.3 Å². The molecule has 0 amide bonds. The number of benzene rings is 2. The largest absolute Gasteiger partial charge is 0.468 e. The molecular formula is C25H21F4N7O5. The van der Waals surface area contributed by atoms with Crippen LogP contribution in [-0.2, 0) is 15.7 Å². The summed E-state index contributed by atoms with van der Waals surface area (Å²) >= 11 is 0. The molecule has 0 unspecified atom stereocenters. The quantitative estimate of drug-likeness (QED) is 0.127. The molecule has 0 aliphatic carbocycles. The van der Waals surface area contributed by atoms with Crippen molar-refractivity contribution in [1.82, 2.24) is 19.5 Å². The molecular weight excluding hydrogens is 554 g/mol. The van der Waals surface area contributed by atoms with Gasteiger partial charge in [-0.2, -0.15) is 13.2 Å². The zero-order valence-electron chi connectivity index (χ0n) is 21.4. The third-order valence-electron chi connectivity index (χ3n) is 5.87. The molecule has 41 heavy (non-hydrogen) atoms. The summed E-state index contributed by atoms with van der Waals surface area (Å²) in [5, 5.41) is 16.5. The Hall–Kier alpha value is -5.15. The summed E-state index contributed by atoms with van der Waals surface area (Å²) in [6, 6.07) is 10.6. The minimum Gasteiger partial charge on any atom is -0.468 e. The normalized spacial score (nSPS) is 12.1. The van der Waals surface area contributed by atoms with Crippen LogP contribution in [0.4, 0.5) is 34.9 Å². The molecule has 2 aromatic heterocycles. The van der Waals surface area contributed by atoms with E-state index in [0.29, 0.717) is 0 Å². The topological polar surface area (TPSA) is 154 Å². The van der Waals surface area contributed by atoms with Crippen LogP contribution in [0.3, 0.4) is 0 Å². The number of carbonyl (C=O) groups is 1. The monoisotopic (exact) mass is 575 g/mol. The van der Waals surface area contributed by atoms with E-state index in [1.54, 1.807) is 25.1 Å². The number of hydrogen-bond acceptors (Lipinski definition) is 10. The summed E-state index contributed by atoms with van der Waals surface area (Å²) in [5.74, 6) is -5.32. The average molecular weight is 575 g/mol. The molecule has 0 saturated carbocycles. The molecule has 4 aromatic rings. The van der Waals surface area contributed by atoms with Gasteiger partial charge in [0, 0.05) is 0 Å². The van der Waals surface area contributed by atoms with Crippen molar-refractivity contribution in [1.29, 1.82) is 0 Å². The van der Waals surface area contributed by atoms with Crippen LogP contribution < -0.4 is 16.2 Å². The highest BCUT2D eigenvalue weighted by atomic mass is 19.4. The fraction of sp³-hybridized carbons (Fsp3) is 0.240. The highest BCUT2D eigenvalue weighted by molar-refractivity contribution is 5.79. The van der Waals surface area contributed by atoms with E-state index in [2.05, 4.69) is 30.3 Å². The second-order valence-electron chi connectivity index (χ2n) is 8.46. The van der Waals surface area contributed by atoms with Gasteiger partial charge >= 0.3 is 17.8 Å². The van der Waals surface area contributed by atoms with E-state index < -0.39 is 64.2 Å². The predicted octanol–water partition coefficient (Wildman–Crippen LogP) is 4.39. The molecule has 1 atom stereocenters. The van der Waals surface area contributed by atoms with Gasteiger partial charge in [0.05, 0.1) is 29.3 Å². The summed E-state index contributed by atoms with van der Waals surface area (Å²) in [6.45, 7) is 0.858. The van der Waals surface area contributed by atoms with E-state index in [9.17, 15) is 37.3 Å². The number of alkyl halides is 3. The van der Waals surface area contributed by atoms with Gasteiger partial charge in [-0.25, -0.2) is 19.3 Å². The van der Waals surface area contributed by atoms with Gasteiger partial charge in [-0.05, 0) is 30.7 Å². The number of anilines is 2. The van der Waals surface area contributed by atoms with Crippen molar-refractivity contribution in [2.24, 2.45) is 0 Å². The molecule has 0 saturated heterocycles. The first-order valence-electron chi connectivity index (χ1n) is 11.9. The average Bonchev–Trinajstić information content (AvgIpc) is 2.93. The van der Waals surface area contributed by atoms with E-state index in [-0.39, 0.29) is 28.8 Å². The zero-order chi connectivity index (χ0) is 29.9. The van der Waals surface area contributed by atoms with Gasteiger partial charge in [-0.1, -0.05) is 31.2 Å². The predicted molar refractivity (Wildman–Crippen MR) is 138 cm³/mol. The lowest BCUT2D eigenvalue weighted by atomic mass is 10.1. The molecule has 0 fully saturated rings. The van der Waals surface area contributed by atoms with Gasteiger partial charge in [0.1, 0.15) is 23.6 Å². The zero-order valence-corrected chi connectivity index (χ0v) is 21.4. The molecule has 16 heteroatoms. The number of methoxy groups -OCH3 is 1. The third-order valence-corrected chi connectivity index (χ3v) is 5.87. The summed E-state index contributed by atoms with van der Waals surface area (Å²) in [5.41, 5.74) is -1.58. The molecule has 0 radical (unpaired) electrons. The van der Waals surface area contributed by atoms with Crippen molar-refractivity contribution in [3.8, 4) is 5.69 Å². The number of hydrogen-bond donors (Lipinski definition) is 2. The lowest BCUT2D eigenvalue weighted by Gasteiger charge is -2.23. The van der Waals surface area contributed by atoms with Crippen molar-refractivity contribution in [3.63, 3.8) is 0 Å². The molecule has 4 rings (SSSR count). The molecule has 12 nitrogen and oxygen atoms in total. The Morgan fingerprint density at radius 1 is 1.10 bits per heavy atom. The Kier molecular flexibility index (Phi) is 8.11. The van der Waals surface area contributed by atoms with Crippen LogP contribution in [0.1, 0.15) is 31.0 Å². The minimum atomic E-state index is -5.13. The Morgan fingerprint density at radius 3 is 2.39 bits per heavy atom. The first-order valence-corrected chi connectivity index (χ1v) is 11.9. The van der Waals surface area contributed by atoms with Gasteiger partial charge in [-0.3, -0.25) is 24.3 Å². The van der Waals surface area contributed by atoms with Gasteiger partial charge in [0.2, 0.25) is 17.5 Å². The van der Waals surface area contributed by atoms with Gasteiger partial charge < -0.3 is 15.4 Å². The SMILES string of the molecule is CC[C@H](Nc1nc(C(F)(F)F)nc(NCC(=O)OC)c1[N+](=O)[O-])c1nc2cccc(F)c2c(=O)n1-c1ccccc1. The molecule has 2 heterocycles. The van der Waals surface area contributed by atoms with Crippen LogP contribution in [0.25, 0.3) is 16.6 Å². The van der Waals surface area contributed by atoms with Crippen LogP contribution >= 0.6 is 0 Å². The first kappa shape index (κ1) is 28.8. The molecule has 0 aliphatic heterocycles. The molecule has 2 aromatic carbocycles. The smallest absolute Gasteiger partial charge is 0.451 e. The molecule has 0 spiro atoms. The van der Waals surface area contributed by atoms with E-state index in [0.717, 1.165) is 17.7 Å². The first-order chi connectivity index (χ1) is 19.5. The Labute approximate surface area is 228 Å². The number of nitro groups is 1. The lowest BCUT2D eigenvalue weighted by Crippen LogP contribution is -2.29. The number of carbonyl (C=O) groups excluding carboxylic acids is 1. The lowest BCUT2D eigenvalue weighted by molar-refractivity contribution is -0.383. The highest BCUT2D eigenvalue weighted by Crippen LogP contribution is 2.37. The van der Waals surface area contributed by atoms with Crippen molar-refractivity contribution in [2.45, 2.75) is 25.6 Å². The second-order valence-corrected chi connectivity index (χ2v) is 8.46. The van der Waals surface area contributed by atoms with E-state index in [1.165, 1.54) is 24.3 Å². The summed E-state index contributed by atoms with van der Waals surface area (Å²) in [6.07, 6.45) is -5.09. The van der Waals surface area contributed by atoms with Crippen LogP contribution in [0.2, 0.25) is 0 Å². The standard InChI is InChI=1S/C25H21F4N7O5/c1-3-15(22-32-16-11-7-10-14(26)18(16)23(38)35(22)13-8-5-4-6-9-13)31-21-19(36(39)40)20(30-12-17(37)41-2)33-24(34-21)25(27,28)29/h4-11,15H,3,12H2,1-2H3,(H2,30,31,33,34)/t15-/m0/s1. The Morgan fingerprint density at radius 2 is 1.78 bits per heavy atom. The maximum Gasteiger partial charge on any atom is 0.451 e. The van der Waals surface area contributed by atoms with E-state index in [4.69, 9.17) is 0 Å². The molecule has 0 aliphatic rings. The van der Waals surface area contributed by atoms with Gasteiger partial charge in [-0.15, -0.1) is 0 Å². The number of halogens is 4. The van der Waals surface area contributed by atoms with Crippen LogP contribution in [0.5, 0.6) is 0 Å². The van der Waals surface area contributed by atoms with E-state index in [1.807, 2.05) is 0 Å². The number of nitrogens with zero attached hydrogens (tertiary/aromatic N) is 5. The van der Waals surface area contributed by atoms with Crippen LogP contribution in [0, 0.1) is 15.9 Å². The minimum absolute atomic E-state index is 0.0352. The number of fused-ring (bicyclic) bond motifs is 1. The highest BCUT2D eigenvalue weighted by Gasteiger charge is 2.39. The number of aromatic nitrogens is 4. The third kappa shape index (κ3) is 5.90. The number of nitrogens with one attached hydrogen (secondary N) is 2. The number of esters is 1. The van der Waals surface area contributed by atoms with E-state index >= 15 is 0 Å². The molecule has 214 valence electrons. The second kappa shape index (κ2) is 11.5. The summed E-state index contributed by atoms with van der Waals surface area (Å²) < 4.78 is 61.3. The van der Waals surface area contributed by atoms with Crippen molar-refractivity contribution in [2.75, 3.05) is 24.3 Å². The Balaban J connectivity index is 1.95. The number of para-hydroxylation sites is 1. The van der Waals surface area contributed by atoms with Crippen molar-refractivity contribution < 1.29 is 32.0 Å². The van der Waals surface area contributed by atoms with Gasteiger partial charge in [0.25, 0.3) is 5.56 Å². The van der Waals surface area contributed by atoms with Crippen LogP contribution in [-0.4, -0.2) is 44.1 Å². The van der Waals surface area contributed by atoms with Crippen molar-refractivity contribution in [3.05, 3.63) is 86.5 Å². The van der Waals surface area contributed by atoms with Gasteiger partial charge in [0.15, 0.2) is 0 Å². The number of ether oxygens (including phenoxy) is 1.